The van der Waals surface area contributed by atoms with Crippen molar-refractivity contribution in [1.82, 2.24) is 5.32 Å². The quantitative estimate of drug-likeness (QED) is 0.721. The maximum absolute atomic E-state index is 4.65. The first-order valence-electron chi connectivity index (χ1n) is 6.68. The Morgan fingerprint density at radius 2 is 2.25 bits per heavy atom. The number of rotatable bonds is 6. The predicted molar refractivity (Wildman–Crippen MR) is 73.1 cm³/mol. The normalized spacial score (nSPS) is 27.7. The second kappa shape index (κ2) is 5.95. The molecule has 92 valence electrons. The van der Waals surface area contributed by atoms with Crippen molar-refractivity contribution in [3.05, 3.63) is 0 Å². The minimum atomic E-state index is 0.659. The van der Waals surface area contributed by atoms with Crippen LogP contribution in [-0.4, -0.2) is 23.5 Å². The lowest BCUT2D eigenvalue weighted by atomic mass is 10.1. The Balaban J connectivity index is 1.60. The number of amidine groups is 1. The fourth-order valence-corrected chi connectivity index (χ4v) is 3.20. The first-order valence-corrected chi connectivity index (χ1v) is 7.66. The van der Waals surface area contributed by atoms with Crippen LogP contribution in [0.25, 0.3) is 0 Å². The van der Waals surface area contributed by atoms with Crippen LogP contribution in [0, 0.1) is 11.8 Å². The van der Waals surface area contributed by atoms with E-state index in [1.807, 2.05) is 11.8 Å². The SMILES string of the molecule is CC(C)CC1CSC(=NCCCC2CC2)N1. The van der Waals surface area contributed by atoms with Crippen LogP contribution < -0.4 is 5.32 Å². The van der Waals surface area contributed by atoms with E-state index in [9.17, 15) is 0 Å². The molecule has 1 aliphatic heterocycles. The zero-order chi connectivity index (χ0) is 11.4. The van der Waals surface area contributed by atoms with Gasteiger partial charge < -0.3 is 5.32 Å². The summed E-state index contributed by atoms with van der Waals surface area (Å²) < 4.78 is 0. The van der Waals surface area contributed by atoms with E-state index in [0.29, 0.717) is 6.04 Å². The van der Waals surface area contributed by atoms with Crippen LogP contribution in [0.2, 0.25) is 0 Å². The summed E-state index contributed by atoms with van der Waals surface area (Å²) >= 11 is 1.91. The van der Waals surface area contributed by atoms with Crippen LogP contribution >= 0.6 is 11.8 Å². The fourth-order valence-electron chi connectivity index (χ4n) is 2.19. The highest BCUT2D eigenvalue weighted by Crippen LogP contribution is 2.33. The number of hydrogen-bond acceptors (Lipinski definition) is 2. The average molecular weight is 240 g/mol. The van der Waals surface area contributed by atoms with E-state index in [0.717, 1.165) is 18.4 Å². The molecule has 0 spiro atoms. The topological polar surface area (TPSA) is 24.4 Å². The standard InChI is InChI=1S/C13H24N2S/c1-10(2)8-12-9-16-13(15-12)14-7-3-4-11-5-6-11/h10-12H,3-9H2,1-2H3,(H,14,15). The lowest BCUT2D eigenvalue weighted by molar-refractivity contribution is 0.502. The van der Waals surface area contributed by atoms with E-state index in [2.05, 4.69) is 24.2 Å². The molecule has 1 saturated heterocycles. The number of nitrogens with zero attached hydrogens (tertiary/aromatic N) is 1. The number of nitrogens with one attached hydrogen (secondary N) is 1. The molecule has 2 fully saturated rings. The van der Waals surface area contributed by atoms with Gasteiger partial charge in [0.1, 0.15) is 0 Å². The van der Waals surface area contributed by atoms with E-state index >= 15 is 0 Å². The van der Waals surface area contributed by atoms with Crippen LogP contribution in [0.4, 0.5) is 0 Å². The zero-order valence-electron chi connectivity index (χ0n) is 10.5. The molecule has 16 heavy (non-hydrogen) atoms. The van der Waals surface area contributed by atoms with Crippen molar-refractivity contribution in [3.63, 3.8) is 0 Å². The molecule has 1 heterocycles. The zero-order valence-corrected chi connectivity index (χ0v) is 11.4. The van der Waals surface area contributed by atoms with Crippen LogP contribution in [0.5, 0.6) is 0 Å². The molecular formula is C13H24N2S. The summed E-state index contributed by atoms with van der Waals surface area (Å²) in [5.41, 5.74) is 0. The maximum atomic E-state index is 4.65. The fraction of sp³-hybridized carbons (Fsp3) is 0.923. The summed E-state index contributed by atoms with van der Waals surface area (Å²) in [6.45, 7) is 5.61. The average Bonchev–Trinajstić information content (AvgIpc) is 2.95. The molecule has 1 unspecified atom stereocenters. The molecule has 0 aromatic carbocycles. The Morgan fingerprint density at radius 1 is 1.44 bits per heavy atom. The molecule has 1 atom stereocenters. The molecular weight excluding hydrogens is 216 g/mol. The molecule has 0 radical (unpaired) electrons. The summed E-state index contributed by atoms with van der Waals surface area (Å²) in [6, 6.07) is 0.659. The van der Waals surface area contributed by atoms with Gasteiger partial charge in [-0.15, -0.1) is 0 Å². The monoisotopic (exact) mass is 240 g/mol. The third-order valence-electron chi connectivity index (χ3n) is 3.23. The van der Waals surface area contributed by atoms with Gasteiger partial charge in [0.05, 0.1) is 0 Å². The minimum Gasteiger partial charge on any atom is -0.361 e. The Labute approximate surface area is 104 Å². The molecule has 0 amide bonds. The molecule has 2 rings (SSSR count). The number of thioether (sulfide) groups is 1. The van der Waals surface area contributed by atoms with Crippen molar-refractivity contribution in [2.24, 2.45) is 16.8 Å². The third-order valence-corrected chi connectivity index (χ3v) is 4.32. The van der Waals surface area contributed by atoms with Crippen molar-refractivity contribution >= 4 is 16.9 Å². The van der Waals surface area contributed by atoms with Crippen molar-refractivity contribution < 1.29 is 0 Å². The van der Waals surface area contributed by atoms with Crippen molar-refractivity contribution in [1.29, 1.82) is 0 Å². The van der Waals surface area contributed by atoms with Crippen molar-refractivity contribution in [2.45, 2.75) is 52.0 Å². The van der Waals surface area contributed by atoms with Gasteiger partial charge in [0, 0.05) is 18.3 Å². The van der Waals surface area contributed by atoms with Gasteiger partial charge in [-0.1, -0.05) is 38.5 Å². The second-order valence-electron chi connectivity index (χ2n) is 5.55. The Kier molecular flexibility index (Phi) is 4.56. The molecule has 0 aromatic heterocycles. The highest BCUT2D eigenvalue weighted by atomic mass is 32.2. The van der Waals surface area contributed by atoms with E-state index < -0.39 is 0 Å². The van der Waals surface area contributed by atoms with Gasteiger partial charge in [0.15, 0.2) is 5.17 Å². The molecule has 2 aliphatic rings. The summed E-state index contributed by atoms with van der Waals surface area (Å²) in [4.78, 5) is 4.65. The minimum absolute atomic E-state index is 0.659. The Morgan fingerprint density at radius 3 is 2.94 bits per heavy atom. The lowest BCUT2D eigenvalue weighted by Crippen LogP contribution is -2.28. The summed E-state index contributed by atoms with van der Waals surface area (Å²) in [6.07, 6.45) is 6.90. The van der Waals surface area contributed by atoms with Gasteiger partial charge in [-0.2, -0.15) is 0 Å². The first-order chi connectivity index (χ1) is 7.74. The summed E-state index contributed by atoms with van der Waals surface area (Å²) in [5.74, 6) is 3.05. The van der Waals surface area contributed by atoms with E-state index in [-0.39, 0.29) is 0 Å². The Hall–Kier alpha value is -0.180. The van der Waals surface area contributed by atoms with Crippen LogP contribution in [0.1, 0.15) is 46.0 Å². The van der Waals surface area contributed by atoms with Crippen LogP contribution in [0.15, 0.2) is 4.99 Å². The molecule has 0 aromatic rings. The van der Waals surface area contributed by atoms with E-state index in [1.165, 1.54) is 43.0 Å². The van der Waals surface area contributed by atoms with Gasteiger partial charge in [0.2, 0.25) is 0 Å². The molecule has 0 bridgehead atoms. The van der Waals surface area contributed by atoms with Crippen LogP contribution in [-0.2, 0) is 0 Å². The molecule has 1 N–H and O–H groups in total. The predicted octanol–water partition coefficient (Wildman–Crippen LogP) is 3.28. The van der Waals surface area contributed by atoms with Gasteiger partial charge in [-0.3, -0.25) is 4.99 Å². The smallest absolute Gasteiger partial charge is 0.156 e. The molecule has 1 aliphatic carbocycles. The van der Waals surface area contributed by atoms with Gasteiger partial charge in [-0.05, 0) is 31.1 Å². The third kappa shape index (κ3) is 4.36. The maximum Gasteiger partial charge on any atom is 0.156 e. The highest BCUT2D eigenvalue weighted by Gasteiger charge is 2.21. The number of aliphatic imine (C=N–C) groups is 1. The van der Waals surface area contributed by atoms with Gasteiger partial charge >= 0.3 is 0 Å². The molecule has 2 nitrogen and oxygen atoms in total. The summed E-state index contributed by atoms with van der Waals surface area (Å²) in [5, 5.41) is 4.73. The molecule has 3 heteroatoms. The molecule has 1 saturated carbocycles. The van der Waals surface area contributed by atoms with Crippen molar-refractivity contribution in [2.75, 3.05) is 12.3 Å². The largest absolute Gasteiger partial charge is 0.361 e. The van der Waals surface area contributed by atoms with Crippen LogP contribution in [0.3, 0.4) is 0 Å². The highest BCUT2D eigenvalue weighted by molar-refractivity contribution is 8.14. The second-order valence-corrected chi connectivity index (χ2v) is 6.56. The van der Waals surface area contributed by atoms with E-state index in [4.69, 9.17) is 0 Å². The Bertz CT molecular complexity index is 246. The summed E-state index contributed by atoms with van der Waals surface area (Å²) in [7, 11) is 0. The van der Waals surface area contributed by atoms with E-state index in [1.54, 1.807) is 0 Å². The number of hydrogen-bond donors (Lipinski definition) is 1. The van der Waals surface area contributed by atoms with Gasteiger partial charge in [0.25, 0.3) is 0 Å². The van der Waals surface area contributed by atoms with Crippen molar-refractivity contribution in [3.8, 4) is 0 Å². The van der Waals surface area contributed by atoms with Gasteiger partial charge in [-0.25, -0.2) is 0 Å². The lowest BCUT2D eigenvalue weighted by Gasteiger charge is -2.11. The first kappa shape index (κ1) is 12.3.